The molecule has 0 fully saturated rings. The molecule has 0 saturated heterocycles. The minimum absolute atomic E-state index is 0.0249. The Morgan fingerprint density at radius 1 is 0.829 bits per heavy atom. The maximum Gasteiger partial charge on any atom is 0.326 e. The predicted molar refractivity (Wildman–Crippen MR) is 150 cm³/mol. The maximum atomic E-state index is 13.6. The maximum absolute atomic E-state index is 13.6. The number of hydrogen-bond acceptors (Lipinski definition) is 7. The summed E-state index contributed by atoms with van der Waals surface area (Å²) in [7, 11) is 0. The van der Waals surface area contributed by atoms with Gasteiger partial charge in [0.25, 0.3) is 0 Å². The summed E-state index contributed by atoms with van der Waals surface area (Å²) in [5.41, 5.74) is 17.7. The molecule has 224 valence electrons. The molecule has 14 nitrogen and oxygen atoms in total. The number of rotatable bonds is 17. The number of H-pyrrole nitrogens is 1. The van der Waals surface area contributed by atoms with Crippen molar-refractivity contribution in [3.8, 4) is 0 Å². The van der Waals surface area contributed by atoms with Gasteiger partial charge in [-0.25, -0.2) is 4.79 Å². The Kier molecular flexibility index (Phi) is 12.3. The lowest BCUT2D eigenvalue weighted by Gasteiger charge is -2.26. The van der Waals surface area contributed by atoms with Crippen molar-refractivity contribution in [3.63, 3.8) is 0 Å². The summed E-state index contributed by atoms with van der Waals surface area (Å²) >= 11 is 0. The summed E-state index contributed by atoms with van der Waals surface area (Å²) in [6.45, 7) is 3.63. The van der Waals surface area contributed by atoms with Gasteiger partial charge in [-0.2, -0.15) is 0 Å². The Labute approximate surface area is 237 Å². The molecule has 1 aromatic carbocycles. The number of benzene rings is 1. The highest BCUT2D eigenvalue weighted by molar-refractivity contribution is 5.95. The lowest BCUT2D eigenvalue weighted by Crippen LogP contribution is -2.58. The molecule has 4 unspecified atom stereocenters. The number of fused-ring (bicyclic) bond motifs is 1. The van der Waals surface area contributed by atoms with Gasteiger partial charge in [-0.05, 0) is 36.8 Å². The van der Waals surface area contributed by atoms with Crippen LogP contribution in [0.3, 0.4) is 0 Å². The number of carbonyl (C=O) groups is 6. The molecule has 0 aliphatic heterocycles. The van der Waals surface area contributed by atoms with Crippen molar-refractivity contribution in [1.29, 1.82) is 0 Å². The fraction of sp³-hybridized carbons (Fsp3) is 0.481. The van der Waals surface area contributed by atoms with Gasteiger partial charge in [-0.1, -0.05) is 32.0 Å². The van der Waals surface area contributed by atoms with Crippen LogP contribution >= 0.6 is 0 Å². The molecule has 0 spiro atoms. The minimum atomic E-state index is -1.40. The van der Waals surface area contributed by atoms with Gasteiger partial charge in [0.2, 0.25) is 29.5 Å². The summed E-state index contributed by atoms with van der Waals surface area (Å²) in [6, 6.07) is 2.54. The first-order chi connectivity index (χ1) is 19.3. The van der Waals surface area contributed by atoms with Crippen LogP contribution in [0.2, 0.25) is 0 Å². The van der Waals surface area contributed by atoms with Gasteiger partial charge in [0.05, 0.1) is 6.04 Å². The Morgan fingerprint density at radius 3 is 2.00 bits per heavy atom. The average Bonchev–Trinajstić information content (AvgIpc) is 3.30. The Bertz CT molecular complexity index is 1260. The molecule has 0 aliphatic rings. The van der Waals surface area contributed by atoms with E-state index in [2.05, 4.69) is 20.9 Å². The molecule has 2 rings (SSSR count). The third kappa shape index (κ3) is 10.6. The number of aliphatic carboxylic acids is 1. The lowest BCUT2D eigenvalue weighted by molar-refractivity contribution is -0.142. The highest BCUT2D eigenvalue weighted by Gasteiger charge is 2.31. The highest BCUT2D eigenvalue weighted by atomic mass is 16.4. The first-order valence-electron chi connectivity index (χ1n) is 13.3. The monoisotopic (exact) mass is 573 g/mol. The van der Waals surface area contributed by atoms with Crippen molar-refractivity contribution < 1.29 is 33.9 Å². The second-order valence-corrected chi connectivity index (χ2v) is 10.3. The van der Waals surface area contributed by atoms with Crippen molar-refractivity contribution in [2.24, 2.45) is 23.1 Å². The van der Waals surface area contributed by atoms with E-state index in [-0.39, 0.29) is 44.4 Å². The number of hydrogen-bond donors (Lipinski definition) is 8. The van der Waals surface area contributed by atoms with Crippen molar-refractivity contribution in [2.45, 2.75) is 76.5 Å². The molecule has 0 radical (unpaired) electrons. The third-order valence-electron chi connectivity index (χ3n) is 6.40. The molecule has 5 amide bonds. The van der Waals surface area contributed by atoms with E-state index in [1.165, 1.54) is 0 Å². The molecular formula is C27H39N7O7. The Hall–Kier alpha value is -4.46. The molecule has 14 heteroatoms. The molecule has 2 aromatic rings. The van der Waals surface area contributed by atoms with E-state index in [4.69, 9.17) is 17.2 Å². The average molecular weight is 574 g/mol. The lowest BCUT2D eigenvalue weighted by atomic mass is 10.00. The number of amides is 5. The van der Waals surface area contributed by atoms with Crippen LogP contribution in [-0.2, 0) is 35.2 Å². The van der Waals surface area contributed by atoms with E-state index in [0.29, 0.717) is 5.56 Å². The number of carboxylic acid groups (broad SMARTS) is 1. The van der Waals surface area contributed by atoms with Crippen molar-refractivity contribution >= 4 is 46.4 Å². The number of aromatic amines is 1. The van der Waals surface area contributed by atoms with E-state index in [9.17, 15) is 33.9 Å². The van der Waals surface area contributed by atoms with Crippen molar-refractivity contribution in [2.75, 3.05) is 0 Å². The number of nitrogens with one attached hydrogen (secondary N) is 4. The van der Waals surface area contributed by atoms with Crippen LogP contribution in [-0.4, -0.2) is 69.8 Å². The van der Waals surface area contributed by atoms with Gasteiger partial charge in [0.1, 0.15) is 18.1 Å². The molecule has 41 heavy (non-hydrogen) atoms. The summed E-state index contributed by atoms with van der Waals surface area (Å²) in [5, 5.41) is 17.9. The van der Waals surface area contributed by atoms with Crippen molar-refractivity contribution in [1.82, 2.24) is 20.9 Å². The van der Waals surface area contributed by atoms with E-state index >= 15 is 0 Å². The normalized spacial score (nSPS) is 14.0. The molecule has 11 N–H and O–H groups in total. The van der Waals surface area contributed by atoms with Gasteiger partial charge >= 0.3 is 5.97 Å². The van der Waals surface area contributed by atoms with Crippen LogP contribution < -0.4 is 33.2 Å². The Balaban J connectivity index is 2.29. The van der Waals surface area contributed by atoms with Crippen LogP contribution in [0.15, 0.2) is 30.5 Å². The second kappa shape index (κ2) is 15.4. The van der Waals surface area contributed by atoms with Gasteiger partial charge in [0.15, 0.2) is 0 Å². The minimum Gasteiger partial charge on any atom is -0.480 e. The first-order valence-corrected chi connectivity index (χ1v) is 13.3. The smallest absolute Gasteiger partial charge is 0.326 e. The van der Waals surface area contributed by atoms with E-state index in [1.54, 1.807) is 6.20 Å². The van der Waals surface area contributed by atoms with Gasteiger partial charge in [-0.3, -0.25) is 24.0 Å². The first kappa shape index (κ1) is 32.8. The van der Waals surface area contributed by atoms with Crippen LogP contribution in [0.25, 0.3) is 10.9 Å². The summed E-state index contributed by atoms with van der Waals surface area (Å²) in [6.07, 6.45) is 1.28. The van der Waals surface area contributed by atoms with Crippen LogP contribution in [0.4, 0.5) is 0 Å². The van der Waals surface area contributed by atoms with Crippen LogP contribution in [0.1, 0.15) is 51.5 Å². The summed E-state index contributed by atoms with van der Waals surface area (Å²) < 4.78 is 0. The molecule has 0 saturated carbocycles. The molecule has 0 bridgehead atoms. The topological polar surface area (TPSA) is 253 Å². The molecular weight excluding hydrogens is 534 g/mol. The highest BCUT2D eigenvalue weighted by Crippen LogP contribution is 2.19. The Morgan fingerprint density at radius 2 is 1.39 bits per heavy atom. The number of aromatic nitrogens is 1. The predicted octanol–water partition coefficient (Wildman–Crippen LogP) is -0.846. The van der Waals surface area contributed by atoms with Crippen LogP contribution in [0, 0.1) is 5.92 Å². The number of para-hydroxylation sites is 1. The van der Waals surface area contributed by atoms with Crippen LogP contribution in [0.5, 0.6) is 0 Å². The van der Waals surface area contributed by atoms with E-state index < -0.39 is 59.7 Å². The molecule has 0 aliphatic carbocycles. The quantitative estimate of drug-likeness (QED) is 0.118. The van der Waals surface area contributed by atoms with Gasteiger partial charge < -0.3 is 43.2 Å². The standard InChI is InChI=1S/C27H39N7O7/c1-14(2)11-20(25(38)32-19(27(40)41)8-10-23(30)36)34-26(39)21(33-24(37)17(28)7-9-22(29)35)12-15-13-31-18-6-4-3-5-16(15)18/h3-6,13-14,17,19-21,31H,7-12,28H2,1-2H3,(H2,29,35)(H2,30,36)(H,32,38)(H,33,37)(H,34,39)(H,40,41). The van der Waals surface area contributed by atoms with Gasteiger partial charge in [-0.15, -0.1) is 0 Å². The number of carboxylic acids is 1. The molecule has 1 heterocycles. The largest absolute Gasteiger partial charge is 0.480 e. The zero-order valence-corrected chi connectivity index (χ0v) is 23.1. The summed E-state index contributed by atoms with van der Waals surface area (Å²) in [5.74, 6) is -4.93. The number of carbonyl (C=O) groups excluding carboxylic acids is 5. The number of nitrogens with two attached hydrogens (primary N) is 3. The fourth-order valence-corrected chi connectivity index (χ4v) is 4.23. The SMILES string of the molecule is CC(C)CC(NC(=O)C(Cc1c[nH]c2ccccc12)NC(=O)C(N)CCC(N)=O)C(=O)NC(CCC(N)=O)C(=O)O. The van der Waals surface area contributed by atoms with Crippen molar-refractivity contribution in [3.05, 3.63) is 36.0 Å². The zero-order valence-electron chi connectivity index (χ0n) is 23.1. The van der Waals surface area contributed by atoms with E-state index in [1.807, 2.05) is 38.1 Å². The molecule has 1 aromatic heterocycles. The van der Waals surface area contributed by atoms with Gasteiger partial charge in [0, 0.05) is 36.4 Å². The zero-order chi connectivity index (χ0) is 30.7. The second-order valence-electron chi connectivity index (χ2n) is 10.3. The molecule has 4 atom stereocenters. The third-order valence-corrected chi connectivity index (χ3v) is 6.40. The fourth-order valence-electron chi connectivity index (χ4n) is 4.23. The van der Waals surface area contributed by atoms with E-state index in [0.717, 1.165) is 10.9 Å². The number of primary amides is 2. The summed E-state index contributed by atoms with van der Waals surface area (Å²) in [4.78, 5) is 76.5.